The van der Waals surface area contributed by atoms with Crippen molar-refractivity contribution < 1.29 is 30.2 Å². The van der Waals surface area contributed by atoms with Crippen LogP contribution in [-0.2, 0) is 16.3 Å². The maximum Gasteiger partial charge on any atom is 0.420 e. The number of halogens is 4. The van der Waals surface area contributed by atoms with Gasteiger partial charge in [-0.1, -0.05) is 12.1 Å². The number of benzene rings is 2. The molecule has 0 spiro atoms. The van der Waals surface area contributed by atoms with Crippen LogP contribution < -0.4 is 4.18 Å². The molecule has 118 valence electrons. The van der Waals surface area contributed by atoms with E-state index in [9.17, 15) is 26.0 Å². The van der Waals surface area contributed by atoms with Crippen LogP contribution in [0.1, 0.15) is 11.1 Å². The van der Waals surface area contributed by atoms with Gasteiger partial charge in [-0.25, -0.2) is 4.39 Å². The molecule has 0 atom stereocenters. The van der Waals surface area contributed by atoms with Crippen LogP contribution in [0.4, 0.5) is 17.6 Å². The molecule has 22 heavy (non-hydrogen) atoms. The van der Waals surface area contributed by atoms with Crippen molar-refractivity contribution in [3.63, 3.8) is 0 Å². The summed E-state index contributed by atoms with van der Waals surface area (Å²) < 4.78 is 80.3. The lowest BCUT2D eigenvalue weighted by Crippen LogP contribution is -2.15. The fourth-order valence-corrected chi connectivity index (χ4v) is 2.99. The van der Waals surface area contributed by atoms with Crippen molar-refractivity contribution in [1.29, 1.82) is 0 Å². The average molecular weight is 334 g/mol. The van der Waals surface area contributed by atoms with Crippen LogP contribution in [-0.4, -0.2) is 8.42 Å². The second-order valence-corrected chi connectivity index (χ2v) is 5.96. The molecule has 0 bridgehead atoms. The first-order valence-electron chi connectivity index (χ1n) is 5.98. The molecule has 0 saturated carbocycles. The standard InChI is InChI=1S/C14H10F4O3S/c1-9-8-10(15)6-7-13(9)22(19,20)21-12-5-3-2-4-11(12)14(16,17)18/h2-8H,1H3. The van der Waals surface area contributed by atoms with Gasteiger partial charge in [0, 0.05) is 0 Å². The highest BCUT2D eigenvalue weighted by Crippen LogP contribution is 2.37. The molecule has 2 aromatic rings. The predicted octanol–water partition coefficient (Wildman–Crippen LogP) is 3.92. The van der Waals surface area contributed by atoms with Gasteiger partial charge in [-0.3, -0.25) is 0 Å². The van der Waals surface area contributed by atoms with Crippen molar-refractivity contribution in [2.75, 3.05) is 0 Å². The van der Waals surface area contributed by atoms with E-state index in [0.717, 1.165) is 30.3 Å². The summed E-state index contributed by atoms with van der Waals surface area (Å²) >= 11 is 0. The highest BCUT2D eigenvalue weighted by Gasteiger charge is 2.35. The van der Waals surface area contributed by atoms with E-state index in [1.165, 1.54) is 13.0 Å². The molecule has 0 radical (unpaired) electrons. The summed E-state index contributed by atoms with van der Waals surface area (Å²) in [7, 11) is -4.51. The SMILES string of the molecule is Cc1cc(F)ccc1S(=O)(=O)Oc1ccccc1C(F)(F)F. The molecule has 0 unspecified atom stereocenters. The van der Waals surface area contributed by atoms with Crippen LogP contribution in [0.25, 0.3) is 0 Å². The Kier molecular flexibility index (Phi) is 4.15. The zero-order valence-electron chi connectivity index (χ0n) is 11.2. The normalized spacial score (nSPS) is 12.2. The first-order chi connectivity index (χ1) is 10.1. The fourth-order valence-electron chi connectivity index (χ4n) is 1.83. The van der Waals surface area contributed by atoms with Gasteiger partial charge in [0.2, 0.25) is 0 Å². The van der Waals surface area contributed by atoms with Gasteiger partial charge in [-0.05, 0) is 42.8 Å². The molecule has 0 aliphatic rings. The second kappa shape index (κ2) is 5.60. The van der Waals surface area contributed by atoms with E-state index in [4.69, 9.17) is 0 Å². The van der Waals surface area contributed by atoms with Crippen LogP contribution in [0, 0.1) is 12.7 Å². The predicted molar refractivity (Wildman–Crippen MR) is 70.4 cm³/mol. The largest absolute Gasteiger partial charge is 0.420 e. The smallest absolute Gasteiger partial charge is 0.378 e. The van der Waals surface area contributed by atoms with E-state index in [1.54, 1.807) is 0 Å². The Hall–Kier alpha value is -2.09. The molecular formula is C14H10F4O3S. The lowest BCUT2D eigenvalue weighted by molar-refractivity contribution is -0.138. The topological polar surface area (TPSA) is 43.4 Å². The van der Waals surface area contributed by atoms with E-state index >= 15 is 0 Å². The number of aryl methyl sites for hydroxylation is 1. The van der Waals surface area contributed by atoms with E-state index < -0.39 is 38.3 Å². The number of alkyl halides is 3. The van der Waals surface area contributed by atoms with Gasteiger partial charge in [0.25, 0.3) is 0 Å². The van der Waals surface area contributed by atoms with Crippen LogP contribution >= 0.6 is 0 Å². The number of hydrogen-bond acceptors (Lipinski definition) is 3. The third kappa shape index (κ3) is 3.38. The summed E-state index contributed by atoms with van der Waals surface area (Å²) in [5, 5.41) is 0. The summed E-state index contributed by atoms with van der Waals surface area (Å²) in [6.07, 6.45) is -4.76. The van der Waals surface area contributed by atoms with Crippen molar-refractivity contribution in [3.05, 3.63) is 59.4 Å². The average Bonchev–Trinajstić information content (AvgIpc) is 2.36. The van der Waals surface area contributed by atoms with Crippen molar-refractivity contribution in [3.8, 4) is 5.75 Å². The monoisotopic (exact) mass is 334 g/mol. The molecule has 0 aliphatic carbocycles. The second-order valence-electron chi connectivity index (χ2n) is 4.44. The van der Waals surface area contributed by atoms with E-state index in [0.29, 0.717) is 6.07 Å². The number of para-hydroxylation sites is 1. The zero-order chi connectivity index (χ0) is 16.5. The molecule has 0 fully saturated rings. The maximum absolute atomic E-state index is 13.0. The fraction of sp³-hybridized carbons (Fsp3) is 0.143. The highest BCUT2D eigenvalue weighted by atomic mass is 32.2. The minimum Gasteiger partial charge on any atom is -0.378 e. The van der Waals surface area contributed by atoms with Crippen LogP contribution in [0.15, 0.2) is 47.4 Å². The first-order valence-corrected chi connectivity index (χ1v) is 7.39. The highest BCUT2D eigenvalue weighted by molar-refractivity contribution is 7.87. The molecule has 0 aromatic heterocycles. The third-order valence-corrected chi connectivity index (χ3v) is 4.19. The molecule has 0 heterocycles. The Balaban J connectivity index is 2.46. The molecular weight excluding hydrogens is 324 g/mol. The molecule has 0 N–H and O–H groups in total. The Labute approximate surface area is 124 Å². The van der Waals surface area contributed by atoms with Crippen LogP contribution in [0.5, 0.6) is 5.75 Å². The number of hydrogen-bond donors (Lipinski definition) is 0. The minimum absolute atomic E-state index is 0.0319. The molecule has 0 aliphatic heterocycles. The summed E-state index contributed by atoms with van der Waals surface area (Å²) in [4.78, 5) is -0.397. The molecule has 2 aromatic carbocycles. The summed E-state index contributed by atoms with van der Waals surface area (Å²) in [6, 6.07) is 6.73. The Morgan fingerprint density at radius 2 is 1.68 bits per heavy atom. The Morgan fingerprint density at radius 1 is 1.05 bits per heavy atom. The van der Waals surface area contributed by atoms with Gasteiger partial charge in [0.1, 0.15) is 10.7 Å². The molecule has 0 amide bonds. The van der Waals surface area contributed by atoms with Gasteiger partial charge in [-0.2, -0.15) is 21.6 Å². The number of rotatable bonds is 3. The molecule has 3 nitrogen and oxygen atoms in total. The molecule has 8 heteroatoms. The van der Waals surface area contributed by atoms with E-state index in [2.05, 4.69) is 4.18 Å². The Bertz CT molecular complexity index is 798. The lowest BCUT2D eigenvalue weighted by atomic mass is 10.2. The van der Waals surface area contributed by atoms with Crippen molar-refractivity contribution in [2.24, 2.45) is 0 Å². The van der Waals surface area contributed by atoms with Crippen LogP contribution in [0.2, 0.25) is 0 Å². The summed E-state index contributed by atoms with van der Waals surface area (Å²) in [6.45, 7) is 1.31. The molecule has 0 saturated heterocycles. The van der Waals surface area contributed by atoms with Crippen molar-refractivity contribution >= 4 is 10.1 Å². The van der Waals surface area contributed by atoms with E-state index in [-0.39, 0.29) is 5.56 Å². The summed E-state index contributed by atoms with van der Waals surface area (Å²) in [5.41, 5.74) is -1.18. The van der Waals surface area contributed by atoms with Crippen molar-refractivity contribution in [1.82, 2.24) is 0 Å². The Morgan fingerprint density at radius 3 is 2.27 bits per heavy atom. The van der Waals surface area contributed by atoms with Crippen LogP contribution in [0.3, 0.4) is 0 Å². The maximum atomic E-state index is 13.0. The third-order valence-electron chi connectivity index (χ3n) is 2.80. The van der Waals surface area contributed by atoms with Gasteiger partial charge in [-0.15, -0.1) is 0 Å². The van der Waals surface area contributed by atoms with Gasteiger partial charge in [0.05, 0.1) is 5.56 Å². The quantitative estimate of drug-likeness (QED) is 0.631. The van der Waals surface area contributed by atoms with Gasteiger partial charge >= 0.3 is 16.3 Å². The van der Waals surface area contributed by atoms with Gasteiger partial charge < -0.3 is 4.18 Å². The van der Waals surface area contributed by atoms with Gasteiger partial charge in [0.15, 0.2) is 5.75 Å². The lowest BCUT2D eigenvalue weighted by Gasteiger charge is -2.14. The molecule has 2 rings (SSSR count). The zero-order valence-corrected chi connectivity index (χ0v) is 12.0. The van der Waals surface area contributed by atoms with E-state index in [1.807, 2.05) is 0 Å². The minimum atomic E-state index is -4.76. The summed E-state index contributed by atoms with van der Waals surface area (Å²) in [5.74, 6) is -1.49. The first kappa shape index (κ1) is 16.3. The van der Waals surface area contributed by atoms with Crippen molar-refractivity contribution in [2.45, 2.75) is 18.0 Å².